The molecule has 5 saturated carbocycles. The normalized spacial score (nSPS) is 42.4. The molecule has 14 aliphatic rings. The Morgan fingerprint density at radius 2 is 1.10 bits per heavy atom. The molecule has 0 aromatic heterocycles. The van der Waals surface area contributed by atoms with Gasteiger partial charge in [0.15, 0.2) is 24.4 Å². The number of carbonyl (C=O) groups is 10. The quantitative estimate of drug-likeness (QED) is 0.111. The molecule has 9 aliphatic heterocycles. The van der Waals surface area contributed by atoms with Crippen molar-refractivity contribution in [1.29, 1.82) is 0 Å². The van der Waals surface area contributed by atoms with E-state index < -0.39 is 17.1 Å². The summed E-state index contributed by atoms with van der Waals surface area (Å²) in [4.78, 5) is 117. The highest BCUT2D eigenvalue weighted by atomic mass is 32.2. The van der Waals surface area contributed by atoms with Crippen LogP contribution in [0.5, 0.6) is 0 Å². The van der Waals surface area contributed by atoms with Gasteiger partial charge in [-0.05, 0) is 111 Å². The Bertz CT molecular complexity index is 2550. The van der Waals surface area contributed by atoms with Crippen molar-refractivity contribution in [2.45, 2.75) is 263 Å². The molecule has 27 unspecified atom stereocenters. The number of hydrogen-bond donors (Lipinski definition) is 0. The first-order valence-corrected chi connectivity index (χ1v) is 33.4. The molecule has 9 saturated heterocycles. The van der Waals surface area contributed by atoms with Gasteiger partial charge >= 0.3 is 59.7 Å². The van der Waals surface area contributed by atoms with Gasteiger partial charge < -0.3 is 52.1 Å². The van der Waals surface area contributed by atoms with Crippen LogP contribution in [0.25, 0.3) is 0 Å². The van der Waals surface area contributed by atoms with Crippen molar-refractivity contribution in [1.82, 2.24) is 0 Å². The van der Waals surface area contributed by atoms with Gasteiger partial charge in [0.1, 0.15) is 42.2 Å². The van der Waals surface area contributed by atoms with Crippen LogP contribution < -0.4 is 0 Å². The van der Waals surface area contributed by atoms with Crippen LogP contribution in [0.15, 0.2) is 0 Å². The fourth-order valence-electron chi connectivity index (χ4n) is 15.4. The van der Waals surface area contributed by atoms with Gasteiger partial charge in [0, 0.05) is 35.3 Å². The Hall–Kier alpha value is -4.99. The summed E-state index contributed by atoms with van der Waals surface area (Å²) in [6, 6.07) is 0. The minimum absolute atomic E-state index is 0.0148. The SMILES string of the molecule is CCC(C)(C)C(=O)OC1(C)CCC2CC1OC2=O.CCC(C)C(=O)OC1C2CC3C(=O)OC1C3C2.CCC(C)C(=O)OC1C2CC3C(=O)OC1C3O2.CCC(C)C(=O)OC1C2CC3C(=O)OC1C3S2.CCC(C)C(=O)OC1C2CC3C1OC(=O)C3(C)C2. The summed E-state index contributed by atoms with van der Waals surface area (Å²) in [5.41, 5.74) is -1.44. The highest BCUT2D eigenvalue weighted by Gasteiger charge is 2.70. The van der Waals surface area contributed by atoms with Gasteiger partial charge in [-0.3, -0.25) is 47.9 Å². The van der Waals surface area contributed by atoms with Gasteiger partial charge in [0.05, 0.1) is 69.5 Å². The Kier molecular flexibility index (Phi) is 18.7. The number of thioether (sulfide) groups is 1. The zero-order valence-corrected chi connectivity index (χ0v) is 53.6. The Labute approximate surface area is 514 Å². The lowest BCUT2D eigenvalue weighted by Gasteiger charge is -2.38. The van der Waals surface area contributed by atoms with Crippen molar-refractivity contribution in [3.05, 3.63) is 0 Å². The largest absolute Gasteiger partial charge is 0.458 e. The molecule has 14 rings (SSSR count). The average Bonchev–Trinajstić information content (AvgIpc) is 1.67. The molecule has 21 nitrogen and oxygen atoms in total. The Morgan fingerprint density at radius 1 is 0.563 bits per heavy atom. The fraction of sp³-hybridized carbons (Fsp3) is 0.846. The molecule has 0 spiro atoms. The average molecular weight is 1240 g/mol. The van der Waals surface area contributed by atoms with E-state index in [1.807, 2.05) is 90.0 Å². The first-order chi connectivity index (χ1) is 41.1. The smallest absolute Gasteiger partial charge is 0.312 e. The molecule has 10 bridgehead atoms. The molecule has 0 aromatic carbocycles. The number of rotatable bonds is 15. The van der Waals surface area contributed by atoms with E-state index in [1.165, 1.54) is 0 Å². The van der Waals surface area contributed by atoms with Gasteiger partial charge in [-0.15, -0.1) is 11.8 Å². The molecule has 5 aliphatic carbocycles. The minimum atomic E-state index is -0.647. The number of ether oxygens (including phenoxy) is 11. The molecule has 9 heterocycles. The Balaban J connectivity index is 0.000000120. The minimum Gasteiger partial charge on any atom is -0.458 e. The maximum absolute atomic E-state index is 12.2. The summed E-state index contributed by atoms with van der Waals surface area (Å²) in [6.45, 7) is 24.9. The third-order valence-electron chi connectivity index (χ3n) is 22.5. The summed E-state index contributed by atoms with van der Waals surface area (Å²) in [7, 11) is 0. The van der Waals surface area contributed by atoms with E-state index in [4.69, 9.17) is 52.1 Å². The van der Waals surface area contributed by atoms with E-state index in [1.54, 1.807) is 11.8 Å². The number of esters is 10. The van der Waals surface area contributed by atoms with Crippen molar-refractivity contribution in [2.75, 3.05) is 0 Å². The maximum atomic E-state index is 12.2. The first-order valence-electron chi connectivity index (χ1n) is 32.5. The van der Waals surface area contributed by atoms with Crippen molar-refractivity contribution in [3.8, 4) is 0 Å². The standard InChI is InChI=1S/C14H20O4.C14H22O4.C13H18O4.C12H16O5.C12H16O4S/c1-4-7(2)12(15)17-10-8-5-9-11(10)18-13(16)14(9,3)6-8;1-5-13(2,3)12(16)18-14(4)7-6-9-8-10(14)17-11(9)15;1-3-6(2)12(14)16-10-7-4-8-9(5-7)13(15)17-11(8)10;1-3-5(2)11(13)16-9-7-4-6-8(15-7)10(9)17-12(6)14;1-3-5(2)11(13)15-8-7-4-6-10(17-7)9(8)16-12(6)14/h7-11H,4-6H2,1-3H3;9-10H,5-8H2,1-4H3;6-11H,3-5H2,1-2H3;2*5-10H,3-4H2,1-2H3. The lowest BCUT2D eigenvalue weighted by atomic mass is 9.75. The van der Waals surface area contributed by atoms with Crippen molar-refractivity contribution < 1.29 is 100 Å². The lowest BCUT2D eigenvalue weighted by molar-refractivity contribution is -0.186. The number of hydrogen-bond acceptors (Lipinski definition) is 22. The third-order valence-corrected chi connectivity index (χ3v) is 24.2. The zero-order chi connectivity index (χ0) is 63.1. The lowest BCUT2D eigenvalue weighted by Crippen LogP contribution is -2.47. The second kappa shape index (κ2) is 25.0. The monoisotopic (exact) mass is 1240 g/mol. The van der Waals surface area contributed by atoms with Gasteiger partial charge in [0.25, 0.3) is 0 Å². The maximum Gasteiger partial charge on any atom is 0.312 e. The van der Waals surface area contributed by atoms with E-state index >= 15 is 0 Å². The van der Waals surface area contributed by atoms with Crippen molar-refractivity contribution >= 4 is 71.5 Å². The van der Waals surface area contributed by atoms with Crippen molar-refractivity contribution in [2.24, 2.45) is 81.8 Å². The van der Waals surface area contributed by atoms with Crippen LogP contribution in [0.1, 0.15) is 180 Å². The molecule has 87 heavy (non-hydrogen) atoms. The van der Waals surface area contributed by atoms with E-state index in [0.717, 1.165) is 70.6 Å². The van der Waals surface area contributed by atoms with E-state index in [2.05, 4.69) is 0 Å². The van der Waals surface area contributed by atoms with Crippen molar-refractivity contribution in [3.63, 3.8) is 0 Å². The predicted octanol–water partition coefficient (Wildman–Crippen LogP) is 7.92. The molecular weight excluding hydrogens is 1150 g/mol. The Morgan fingerprint density at radius 3 is 1.70 bits per heavy atom. The molecule has 0 radical (unpaired) electrons. The summed E-state index contributed by atoms with van der Waals surface area (Å²) in [5.74, 6) is -0.615. The summed E-state index contributed by atoms with van der Waals surface area (Å²) >= 11 is 1.76. The molecule has 22 heteroatoms. The molecule has 27 atom stereocenters. The summed E-state index contributed by atoms with van der Waals surface area (Å²) in [5, 5.41) is 0.483. The van der Waals surface area contributed by atoms with Gasteiger partial charge in [-0.2, -0.15) is 0 Å². The molecule has 0 N–H and O–H groups in total. The van der Waals surface area contributed by atoms with Crippen LogP contribution in [-0.4, -0.2) is 143 Å². The first kappa shape index (κ1) is 65.0. The van der Waals surface area contributed by atoms with Crippen LogP contribution in [0.2, 0.25) is 0 Å². The molecule has 14 fully saturated rings. The van der Waals surface area contributed by atoms with E-state index in [-0.39, 0.29) is 190 Å². The third kappa shape index (κ3) is 11.9. The van der Waals surface area contributed by atoms with Crippen LogP contribution in [0.3, 0.4) is 0 Å². The summed E-state index contributed by atoms with van der Waals surface area (Å²) in [6.07, 6.45) is 8.50. The molecular formula is C65H92O21S. The van der Waals surface area contributed by atoms with Crippen LogP contribution in [0, 0.1) is 81.8 Å². The van der Waals surface area contributed by atoms with Crippen LogP contribution in [0.4, 0.5) is 0 Å². The van der Waals surface area contributed by atoms with Gasteiger partial charge in [-0.1, -0.05) is 62.3 Å². The van der Waals surface area contributed by atoms with E-state index in [9.17, 15) is 47.9 Å². The second-order valence-corrected chi connectivity index (χ2v) is 29.9. The number of carbonyl (C=O) groups excluding carboxylic acids is 10. The predicted molar refractivity (Wildman–Crippen MR) is 307 cm³/mol. The highest BCUT2D eigenvalue weighted by molar-refractivity contribution is 8.01. The number of fused-ring (bicyclic) bond motifs is 6. The molecule has 0 aromatic rings. The highest BCUT2D eigenvalue weighted by Crippen LogP contribution is 2.63. The second-order valence-electron chi connectivity index (χ2n) is 28.4. The molecule has 484 valence electrons. The topological polar surface area (TPSA) is 272 Å². The van der Waals surface area contributed by atoms with Crippen LogP contribution >= 0.6 is 11.8 Å². The van der Waals surface area contributed by atoms with Crippen LogP contribution in [-0.2, 0) is 100 Å². The molecule has 0 amide bonds. The van der Waals surface area contributed by atoms with Gasteiger partial charge in [0.2, 0.25) is 0 Å². The fourth-order valence-corrected chi connectivity index (χ4v) is 17.3. The van der Waals surface area contributed by atoms with Gasteiger partial charge in [-0.25, -0.2) is 0 Å². The summed E-state index contributed by atoms with van der Waals surface area (Å²) < 4.78 is 60.2. The zero-order valence-electron chi connectivity index (χ0n) is 52.8. The van der Waals surface area contributed by atoms with E-state index in [0.29, 0.717) is 37.0 Å².